The molecule has 0 aromatic carbocycles. The average molecular weight is 295 g/mol. The van der Waals surface area contributed by atoms with Gasteiger partial charge in [0.15, 0.2) is 0 Å². The molecule has 0 bridgehead atoms. The highest BCUT2D eigenvalue weighted by Crippen LogP contribution is 2.34. The van der Waals surface area contributed by atoms with Crippen molar-refractivity contribution in [1.29, 1.82) is 0 Å². The zero-order valence-corrected chi connectivity index (χ0v) is 14.2. The summed E-state index contributed by atoms with van der Waals surface area (Å²) in [6.45, 7) is 12.7. The first-order chi connectivity index (χ1) is 9.58. The lowest BCUT2D eigenvalue weighted by molar-refractivity contribution is 0.0317. The van der Waals surface area contributed by atoms with E-state index in [0.717, 1.165) is 31.0 Å². The average Bonchev–Trinajstić information content (AvgIpc) is 2.84. The second-order valence-corrected chi connectivity index (χ2v) is 7.83. The Balaban J connectivity index is 1.86. The lowest BCUT2D eigenvalue weighted by Crippen LogP contribution is -2.52. The van der Waals surface area contributed by atoms with Gasteiger partial charge in [-0.2, -0.15) is 0 Å². The summed E-state index contributed by atoms with van der Waals surface area (Å²) in [5.41, 5.74) is 0. The molecular weight excluding hydrogens is 264 g/mol. The predicted octanol–water partition coefficient (Wildman–Crippen LogP) is 3.98. The molecule has 1 N–H and O–H groups in total. The van der Waals surface area contributed by atoms with Gasteiger partial charge < -0.3 is 5.32 Å². The van der Waals surface area contributed by atoms with Crippen LogP contribution in [0.25, 0.3) is 0 Å². The molecule has 114 valence electrons. The van der Waals surface area contributed by atoms with Crippen LogP contribution in [0.5, 0.6) is 0 Å². The first-order valence-electron chi connectivity index (χ1n) is 8.06. The van der Waals surface area contributed by atoms with Crippen molar-refractivity contribution >= 4 is 11.3 Å². The van der Waals surface area contributed by atoms with Crippen molar-refractivity contribution in [2.45, 2.75) is 59.2 Å². The molecule has 1 aromatic heterocycles. The monoisotopic (exact) mass is 294 g/mol. The van der Waals surface area contributed by atoms with Gasteiger partial charge in [0.25, 0.3) is 0 Å². The van der Waals surface area contributed by atoms with Crippen LogP contribution >= 0.6 is 11.3 Å². The van der Waals surface area contributed by atoms with Gasteiger partial charge in [0.2, 0.25) is 0 Å². The maximum absolute atomic E-state index is 3.65. The van der Waals surface area contributed by atoms with Crippen LogP contribution < -0.4 is 5.32 Å². The molecule has 1 fully saturated rings. The Kier molecular flexibility index (Phi) is 6.06. The van der Waals surface area contributed by atoms with E-state index in [9.17, 15) is 0 Å². The van der Waals surface area contributed by atoms with Gasteiger partial charge in [-0.3, -0.25) is 4.90 Å². The second kappa shape index (κ2) is 7.58. The Morgan fingerprint density at radius 1 is 1.30 bits per heavy atom. The molecule has 3 heteroatoms. The van der Waals surface area contributed by atoms with Crippen LogP contribution in [-0.4, -0.2) is 30.1 Å². The third-order valence-corrected chi connectivity index (χ3v) is 5.21. The van der Waals surface area contributed by atoms with Crippen molar-refractivity contribution in [3.63, 3.8) is 0 Å². The van der Waals surface area contributed by atoms with Gasteiger partial charge in [0.1, 0.15) is 0 Å². The van der Waals surface area contributed by atoms with Gasteiger partial charge in [0, 0.05) is 23.5 Å². The van der Waals surface area contributed by atoms with E-state index in [2.05, 4.69) is 55.4 Å². The topological polar surface area (TPSA) is 15.3 Å². The van der Waals surface area contributed by atoms with Gasteiger partial charge in [-0.15, -0.1) is 11.3 Å². The molecular formula is C17H30N2S. The minimum atomic E-state index is 0.634. The van der Waals surface area contributed by atoms with E-state index < -0.39 is 0 Å². The lowest BCUT2D eigenvalue weighted by atomic mass is 9.77. The third kappa shape index (κ3) is 4.31. The predicted molar refractivity (Wildman–Crippen MR) is 89.2 cm³/mol. The highest BCUT2D eigenvalue weighted by atomic mass is 32.1. The first-order valence-corrected chi connectivity index (χ1v) is 8.94. The van der Waals surface area contributed by atoms with E-state index in [1.165, 1.54) is 24.3 Å². The summed E-state index contributed by atoms with van der Waals surface area (Å²) in [6, 6.07) is 5.85. The molecule has 0 spiro atoms. The minimum Gasteiger partial charge on any atom is -0.316 e. The Morgan fingerprint density at radius 3 is 2.60 bits per heavy atom. The molecule has 1 aliphatic rings. The van der Waals surface area contributed by atoms with Crippen LogP contribution in [0.4, 0.5) is 0 Å². The molecule has 1 heterocycles. The zero-order valence-electron chi connectivity index (χ0n) is 13.4. The van der Waals surface area contributed by atoms with Gasteiger partial charge in [-0.1, -0.05) is 19.9 Å². The smallest absolute Gasteiger partial charge is 0.0333 e. The Morgan fingerprint density at radius 2 is 2.10 bits per heavy atom. The summed E-state index contributed by atoms with van der Waals surface area (Å²) in [5.74, 6) is 1.59. The number of rotatable bonds is 8. The van der Waals surface area contributed by atoms with E-state index in [1.807, 2.05) is 11.3 Å². The van der Waals surface area contributed by atoms with E-state index in [-0.39, 0.29) is 0 Å². The van der Waals surface area contributed by atoms with Crippen LogP contribution in [0.1, 0.15) is 45.4 Å². The SMILES string of the molecule is CC(C)CNCC1CCC1N(Cc1cccs1)C(C)C. The van der Waals surface area contributed by atoms with Gasteiger partial charge in [-0.25, -0.2) is 0 Å². The van der Waals surface area contributed by atoms with Gasteiger partial charge >= 0.3 is 0 Å². The van der Waals surface area contributed by atoms with Crippen molar-refractivity contribution in [3.05, 3.63) is 22.4 Å². The van der Waals surface area contributed by atoms with Crippen molar-refractivity contribution in [2.24, 2.45) is 11.8 Å². The lowest BCUT2D eigenvalue weighted by Gasteiger charge is -2.46. The molecule has 1 aromatic rings. The molecule has 2 unspecified atom stereocenters. The summed E-state index contributed by atoms with van der Waals surface area (Å²) in [4.78, 5) is 4.20. The molecule has 1 aliphatic carbocycles. The van der Waals surface area contributed by atoms with Crippen LogP contribution in [0.15, 0.2) is 17.5 Å². The van der Waals surface area contributed by atoms with E-state index >= 15 is 0 Å². The van der Waals surface area contributed by atoms with E-state index in [1.54, 1.807) is 0 Å². The number of hydrogen-bond acceptors (Lipinski definition) is 3. The normalized spacial score (nSPS) is 22.8. The number of nitrogens with zero attached hydrogens (tertiary/aromatic N) is 1. The maximum atomic E-state index is 3.65. The Bertz CT molecular complexity index is 372. The minimum absolute atomic E-state index is 0.634. The van der Waals surface area contributed by atoms with Gasteiger partial charge in [0.05, 0.1) is 0 Å². The van der Waals surface area contributed by atoms with Crippen LogP contribution in [0, 0.1) is 11.8 Å². The number of thiophene rings is 1. The Hall–Kier alpha value is -0.380. The molecule has 0 saturated heterocycles. The molecule has 2 atom stereocenters. The largest absolute Gasteiger partial charge is 0.316 e. The van der Waals surface area contributed by atoms with Crippen LogP contribution in [-0.2, 0) is 6.54 Å². The molecule has 0 radical (unpaired) electrons. The summed E-state index contributed by atoms with van der Waals surface area (Å²) < 4.78 is 0. The van der Waals surface area contributed by atoms with E-state index in [0.29, 0.717) is 6.04 Å². The maximum Gasteiger partial charge on any atom is 0.0333 e. The van der Waals surface area contributed by atoms with Crippen molar-refractivity contribution in [3.8, 4) is 0 Å². The summed E-state index contributed by atoms with van der Waals surface area (Å²) >= 11 is 1.89. The fourth-order valence-corrected chi connectivity index (χ4v) is 3.76. The quantitative estimate of drug-likeness (QED) is 0.780. The van der Waals surface area contributed by atoms with Crippen LogP contribution in [0.2, 0.25) is 0 Å². The van der Waals surface area contributed by atoms with Crippen molar-refractivity contribution in [1.82, 2.24) is 10.2 Å². The summed E-state index contributed by atoms with van der Waals surface area (Å²) in [5, 5.41) is 5.84. The molecule has 0 amide bonds. The molecule has 0 aliphatic heterocycles. The zero-order chi connectivity index (χ0) is 14.5. The summed E-state index contributed by atoms with van der Waals surface area (Å²) in [6.07, 6.45) is 2.76. The Labute approximate surface area is 128 Å². The summed E-state index contributed by atoms with van der Waals surface area (Å²) in [7, 11) is 0. The number of nitrogens with one attached hydrogen (secondary N) is 1. The number of hydrogen-bond donors (Lipinski definition) is 1. The van der Waals surface area contributed by atoms with E-state index in [4.69, 9.17) is 0 Å². The van der Waals surface area contributed by atoms with Crippen LogP contribution in [0.3, 0.4) is 0 Å². The van der Waals surface area contributed by atoms with Crippen molar-refractivity contribution in [2.75, 3.05) is 13.1 Å². The fraction of sp³-hybridized carbons (Fsp3) is 0.765. The highest BCUT2D eigenvalue weighted by molar-refractivity contribution is 7.09. The molecule has 20 heavy (non-hydrogen) atoms. The molecule has 1 saturated carbocycles. The van der Waals surface area contributed by atoms with Crippen molar-refractivity contribution < 1.29 is 0 Å². The second-order valence-electron chi connectivity index (χ2n) is 6.80. The third-order valence-electron chi connectivity index (χ3n) is 4.34. The molecule has 2 nitrogen and oxygen atoms in total. The molecule has 2 rings (SSSR count). The standard InChI is InChI=1S/C17H30N2S/c1-13(2)10-18-11-15-7-8-17(15)19(14(3)4)12-16-6-5-9-20-16/h5-6,9,13-15,17-18H,7-8,10-12H2,1-4H3. The highest BCUT2D eigenvalue weighted by Gasteiger charge is 2.36. The first kappa shape index (κ1) is 16.0. The van der Waals surface area contributed by atoms with Gasteiger partial charge in [-0.05, 0) is 63.1 Å². The fourth-order valence-electron chi connectivity index (χ4n) is 3.05.